The summed E-state index contributed by atoms with van der Waals surface area (Å²) in [7, 11) is 0. The number of morpholine rings is 1. The molecule has 0 saturated carbocycles. The van der Waals surface area contributed by atoms with Crippen LogP contribution in [0.2, 0.25) is 0 Å². The average molecular weight is 341 g/mol. The number of aromatic nitrogens is 2. The molecular formula is C18H19N3O2S. The van der Waals surface area contributed by atoms with Gasteiger partial charge < -0.3 is 9.84 Å². The number of fused-ring (bicyclic) bond motifs is 1. The molecular weight excluding hydrogens is 322 g/mol. The lowest BCUT2D eigenvalue weighted by molar-refractivity contribution is 0.0227. The first-order chi connectivity index (χ1) is 11.8. The first kappa shape index (κ1) is 15.5. The number of hydrogen-bond acceptors (Lipinski definition) is 6. The summed E-state index contributed by atoms with van der Waals surface area (Å²) in [5.74, 6) is 0.260. The number of thiazole rings is 1. The normalized spacial score (nSPS) is 17.2. The van der Waals surface area contributed by atoms with Gasteiger partial charge in [0.15, 0.2) is 0 Å². The van der Waals surface area contributed by atoms with Crippen molar-refractivity contribution >= 4 is 21.6 Å². The molecule has 1 aliphatic rings. The Hall–Kier alpha value is -2.02. The topological polar surface area (TPSA) is 58.5 Å². The Labute approximate surface area is 144 Å². The number of hydrogen-bond donors (Lipinski definition) is 1. The highest BCUT2D eigenvalue weighted by atomic mass is 32.1. The maximum atomic E-state index is 10.9. The summed E-state index contributed by atoms with van der Waals surface area (Å²) in [5.41, 5.74) is 5.39. The van der Waals surface area contributed by atoms with Gasteiger partial charge in [0.2, 0.25) is 0 Å². The van der Waals surface area contributed by atoms with Crippen LogP contribution >= 0.6 is 11.3 Å². The summed E-state index contributed by atoms with van der Waals surface area (Å²) >= 11 is 1.54. The second kappa shape index (κ2) is 6.47. The standard InChI is InChI=1S/C18H19N3O2S/c1-12-3-2-6-19-15(12)17(21-7-9-23-10-8-21)13-4-5-14-16(18(13)22)20-11-24-14/h2-6,11,17,22H,7-10H2,1H3. The van der Waals surface area contributed by atoms with Crippen LogP contribution in [-0.2, 0) is 4.74 Å². The van der Waals surface area contributed by atoms with Gasteiger partial charge in [-0.3, -0.25) is 9.88 Å². The molecule has 1 unspecified atom stereocenters. The van der Waals surface area contributed by atoms with Crippen LogP contribution in [0.4, 0.5) is 0 Å². The van der Waals surface area contributed by atoms with Crippen molar-refractivity contribution in [3.8, 4) is 5.75 Å². The smallest absolute Gasteiger partial charge is 0.147 e. The summed E-state index contributed by atoms with van der Waals surface area (Å²) in [5, 5.41) is 10.9. The average Bonchev–Trinajstić information content (AvgIpc) is 3.09. The molecule has 1 aromatic carbocycles. The fourth-order valence-corrected chi connectivity index (χ4v) is 3.97. The minimum atomic E-state index is -0.0961. The molecule has 0 radical (unpaired) electrons. The van der Waals surface area contributed by atoms with E-state index in [1.165, 1.54) is 11.3 Å². The highest BCUT2D eigenvalue weighted by Gasteiger charge is 2.29. The Morgan fingerprint density at radius 2 is 2.04 bits per heavy atom. The SMILES string of the molecule is Cc1cccnc1C(c1ccc2scnc2c1O)N1CCOCC1. The second-order valence-electron chi connectivity index (χ2n) is 5.96. The Morgan fingerprint density at radius 3 is 2.83 bits per heavy atom. The summed E-state index contributed by atoms with van der Waals surface area (Å²) in [6.45, 7) is 5.09. The van der Waals surface area contributed by atoms with Crippen molar-refractivity contribution in [3.05, 3.63) is 52.8 Å². The van der Waals surface area contributed by atoms with Crippen LogP contribution in [0, 0.1) is 6.92 Å². The zero-order valence-electron chi connectivity index (χ0n) is 13.5. The molecule has 5 nitrogen and oxygen atoms in total. The van der Waals surface area contributed by atoms with E-state index >= 15 is 0 Å². The third-order valence-corrected chi connectivity index (χ3v) is 5.32. The van der Waals surface area contributed by atoms with E-state index in [1.54, 1.807) is 5.51 Å². The highest BCUT2D eigenvalue weighted by Crippen LogP contribution is 2.39. The fourth-order valence-electron chi connectivity index (χ4n) is 3.29. The number of pyridine rings is 1. The minimum Gasteiger partial charge on any atom is -0.505 e. The molecule has 1 fully saturated rings. The van der Waals surface area contributed by atoms with E-state index in [0.717, 1.165) is 34.6 Å². The van der Waals surface area contributed by atoms with E-state index in [-0.39, 0.29) is 11.8 Å². The van der Waals surface area contributed by atoms with Gasteiger partial charge >= 0.3 is 0 Å². The first-order valence-corrected chi connectivity index (χ1v) is 8.92. The molecule has 1 saturated heterocycles. The van der Waals surface area contributed by atoms with Crippen LogP contribution in [-0.4, -0.2) is 46.3 Å². The van der Waals surface area contributed by atoms with Crippen molar-refractivity contribution in [2.45, 2.75) is 13.0 Å². The quantitative estimate of drug-likeness (QED) is 0.793. The van der Waals surface area contributed by atoms with Gasteiger partial charge in [0.25, 0.3) is 0 Å². The minimum absolute atomic E-state index is 0.0961. The van der Waals surface area contributed by atoms with Crippen LogP contribution in [0.3, 0.4) is 0 Å². The van der Waals surface area contributed by atoms with Gasteiger partial charge in [-0.15, -0.1) is 11.3 Å². The van der Waals surface area contributed by atoms with Crippen molar-refractivity contribution in [2.75, 3.05) is 26.3 Å². The highest BCUT2D eigenvalue weighted by molar-refractivity contribution is 7.16. The molecule has 4 rings (SSSR count). The summed E-state index contributed by atoms with van der Waals surface area (Å²) in [4.78, 5) is 11.3. The molecule has 1 atom stereocenters. The first-order valence-electron chi connectivity index (χ1n) is 8.04. The number of rotatable bonds is 3. The predicted octanol–water partition coefficient (Wildman–Crippen LogP) is 3.13. The number of phenols is 1. The lowest BCUT2D eigenvalue weighted by Gasteiger charge is -2.35. The molecule has 0 aliphatic carbocycles. The van der Waals surface area contributed by atoms with Crippen LogP contribution in [0.15, 0.2) is 36.0 Å². The third kappa shape index (κ3) is 2.66. The van der Waals surface area contributed by atoms with Gasteiger partial charge in [-0.25, -0.2) is 4.98 Å². The summed E-state index contributed by atoms with van der Waals surface area (Å²) in [6.07, 6.45) is 1.81. The molecule has 24 heavy (non-hydrogen) atoms. The molecule has 1 aliphatic heterocycles. The third-order valence-electron chi connectivity index (χ3n) is 4.52. The van der Waals surface area contributed by atoms with Gasteiger partial charge in [-0.1, -0.05) is 12.1 Å². The van der Waals surface area contributed by atoms with Gasteiger partial charge in [0, 0.05) is 24.8 Å². The molecule has 6 heteroatoms. The number of benzene rings is 1. The summed E-state index contributed by atoms with van der Waals surface area (Å²) in [6, 6.07) is 7.95. The van der Waals surface area contributed by atoms with Crippen molar-refractivity contribution in [2.24, 2.45) is 0 Å². The van der Waals surface area contributed by atoms with Gasteiger partial charge in [-0.05, 0) is 24.6 Å². The van der Waals surface area contributed by atoms with Crippen molar-refractivity contribution in [1.82, 2.24) is 14.9 Å². The van der Waals surface area contributed by atoms with Crippen LogP contribution in [0.1, 0.15) is 22.9 Å². The largest absolute Gasteiger partial charge is 0.505 e. The van der Waals surface area contributed by atoms with E-state index in [1.807, 2.05) is 24.4 Å². The zero-order valence-corrected chi connectivity index (χ0v) is 14.3. The number of nitrogens with zero attached hydrogens (tertiary/aromatic N) is 3. The number of phenolic OH excluding ortho intramolecular Hbond substituents is 1. The Morgan fingerprint density at radius 1 is 1.21 bits per heavy atom. The van der Waals surface area contributed by atoms with Crippen molar-refractivity contribution in [3.63, 3.8) is 0 Å². The van der Waals surface area contributed by atoms with E-state index in [2.05, 4.69) is 27.9 Å². The molecule has 124 valence electrons. The van der Waals surface area contributed by atoms with Crippen LogP contribution < -0.4 is 0 Å². The number of ether oxygens (including phenoxy) is 1. The molecule has 0 spiro atoms. The second-order valence-corrected chi connectivity index (χ2v) is 6.85. The van der Waals surface area contributed by atoms with Crippen LogP contribution in [0.25, 0.3) is 10.2 Å². The maximum Gasteiger partial charge on any atom is 0.147 e. The van der Waals surface area contributed by atoms with E-state index in [4.69, 9.17) is 4.74 Å². The molecule has 1 N–H and O–H groups in total. The lowest BCUT2D eigenvalue weighted by atomic mass is 9.96. The Bertz CT molecular complexity index is 858. The van der Waals surface area contributed by atoms with Gasteiger partial charge in [0.1, 0.15) is 11.3 Å². The van der Waals surface area contributed by atoms with Gasteiger partial charge in [-0.2, -0.15) is 0 Å². The van der Waals surface area contributed by atoms with Crippen molar-refractivity contribution in [1.29, 1.82) is 0 Å². The number of aromatic hydroxyl groups is 1. The van der Waals surface area contributed by atoms with E-state index in [9.17, 15) is 5.11 Å². The molecule has 0 bridgehead atoms. The van der Waals surface area contributed by atoms with E-state index < -0.39 is 0 Å². The van der Waals surface area contributed by atoms with Crippen LogP contribution in [0.5, 0.6) is 5.75 Å². The maximum absolute atomic E-state index is 10.9. The Kier molecular flexibility index (Phi) is 4.18. The predicted molar refractivity (Wildman–Crippen MR) is 94.5 cm³/mol. The molecule has 0 amide bonds. The van der Waals surface area contributed by atoms with Gasteiger partial charge in [0.05, 0.1) is 35.2 Å². The number of aryl methyl sites for hydroxylation is 1. The summed E-state index contributed by atoms with van der Waals surface area (Å²) < 4.78 is 6.50. The molecule has 3 aromatic rings. The van der Waals surface area contributed by atoms with E-state index in [0.29, 0.717) is 18.7 Å². The molecule has 3 heterocycles. The lowest BCUT2D eigenvalue weighted by Crippen LogP contribution is -2.40. The monoisotopic (exact) mass is 341 g/mol. The fraction of sp³-hybridized carbons (Fsp3) is 0.333. The Balaban J connectivity index is 1.87. The molecule has 2 aromatic heterocycles. The van der Waals surface area contributed by atoms with Crippen molar-refractivity contribution < 1.29 is 9.84 Å². The zero-order chi connectivity index (χ0) is 16.5.